The van der Waals surface area contributed by atoms with Crippen LogP contribution < -0.4 is 20.5 Å². The van der Waals surface area contributed by atoms with Crippen molar-refractivity contribution in [3.8, 4) is 5.75 Å². The zero-order valence-electron chi connectivity index (χ0n) is 15.2. The first-order valence-corrected chi connectivity index (χ1v) is 9.09. The van der Waals surface area contributed by atoms with Gasteiger partial charge >= 0.3 is 0 Å². The summed E-state index contributed by atoms with van der Waals surface area (Å²) in [6.45, 7) is 2.41. The topological polar surface area (TPSA) is 69.6 Å². The van der Waals surface area contributed by atoms with Gasteiger partial charge in [-0.1, -0.05) is 41.9 Å². The number of anilines is 1. The fourth-order valence-electron chi connectivity index (χ4n) is 2.55. The van der Waals surface area contributed by atoms with Gasteiger partial charge in [0.25, 0.3) is 11.5 Å². The Labute approximate surface area is 167 Å². The average Bonchev–Trinajstić information content (AvgIpc) is 2.70. The Morgan fingerprint density at radius 1 is 1.07 bits per heavy atom. The number of hydrogen-bond donors (Lipinski definition) is 1. The highest BCUT2D eigenvalue weighted by molar-refractivity contribution is 6.31. The molecule has 0 saturated heterocycles. The molecule has 0 spiro atoms. The molecule has 1 amide bonds. The van der Waals surface area contributed by atoms with Crippen LogP contribution in [0.25, 0.3) is 0 Å². The first-order chi connectivity index (χ1) is 13.6. The highest BCUT2D eigenvalue weighted by atomic mass is 35.5. The Bertz CT molecular complexity index is 1030. The second kappa shape index (κ2) is 9.10. The van der Waals surface area contributed by atoms with Crippen molar-refractivity contribution >= 4 is 23.2 Å². The number of benzene rings is 2. The number of pyridine rings is 1. The smallest absolute Gasteiger partial charge is 0.295 e. The maximum Gasteiger partial charge on any atom is 0.295 e. The molecule has 0 fully saturated rings. The molecule has 0 saturated carbocycles. The number of carbonyl (C=O) groups excluding carboxylic acids is 1. The first kappa shape index (κ1) is 19.5. The molecular formula is C21H19ClN2O4. The van der Waals surface area contributed by atoms with E-state index in [1.54, 1.807) is 42.5 Å². The van der Waals surface area contributed by atoms with Crippen LogP contribution in [0, 0.1) is 0 Å². The largest absolute Gasteiger partial charge is 0.492 e. The number of para-hydroxylation sites is 2. The average molecular weight is 399 g/mol. The summed E-state index contributed by atoms with van der Waals surface area (Å²) < 4.78 is 6.51. The molecule has 6 nitrogen and oxygen atoms in total. The Balaban J connectivity index is 1.78. The van der Waals surface area contributed by atoms with Gasteiger partial charge in [0.15, 0.2) is 0 Å². The van der Waals surface area contributed by atoms with Gasteiger partial charge in [-0.2, -0.15) is 4.73 Å². The maximum absolute atomic E-state index is 12.6. The van der Waals surface area contributed by atoms with Crippen LogP contribution in [0.3, 0.4) is 0 Å². The van der Waals surface area contributed by atoms with E-state index in [-0.39, 0.29) is 12.2 Å². The van der Waals surface area contributed by atoms with Crippen molar-refractivity contribution in [1.29, 1.82) is 0 Å². The molecule has 7 heteroatoms. The van der Waals surface area contributed by atoms with Crippen molar-refractivity contribution in [2.45, 2.75) is 13.5 Å². The van der Waals surface area contributed by atoms with E-state index in [0.29, 0.717) is 23.1 Å². The number of rotatable bonds is 7. The van der Waals surface area contributed by atoms with E-state index in [4.69, 9.17) is 21.2 Å². The molecule has 0 atom stereocenters. The molecule has 2 aromatic carbocycles. The van der Waals surface area contributed by atoms with Crippen LogP contribution >= 0.6 is 11.6 Å². The lowest BCUT2D eigenvalue weighted by Crippen LogP contribution is -2.32. The third-order valence-electron chi connectivity index (χ3n) is 3.91. The van der Waals surface area contributed by atoms with E-state index >= 15 is 0 Å². The predicted octanol–water partition coefficient (Wildman–Crippen LogP) is 3.78. The number of hydrogen-bond acceptors (Lipinski definition) is 4. The van der Waals surface area contributed by atoms with E-state index in [0.717, 1.165) is 10.3 Å². The minimum absolute atomic E-state index is 0.0482. The molecule has 28 heavy (non-hydrogen) atoms. The summed E-state index contributed by atoms with van der Waals surface area (Å²) in [6, 6.07) is 17.2. The Morgan fingerprint density at radius 3 is 2.61 bits per heavy atom. The quantitative estimate of drug-likeness (QED) is 0.657. The molecule has 0 aliphatic heterocycles. The SMILES string of the molecule is CCOc1ccccc1NC(=O)c1cccn(OCc2ccccc2Cl)c1=O. The molecule has 1 heterocycles. The Hall–Kier alpha value is -3.25. The standard InChI is InChI=1S/C21H19ClN2O4/c1-2-27-19-12-6-5-11-18(19)23-20(25)16-9-7-13-24(21(16)26)28-14-15-8-3-4-10-17(15)22/h3-13H,2,14H2,1H3,(H,23,25). The van der Waals surface area contributed by atoms with Crippen molar-refractivity contribution in [3.63, 3.8) is 0 Å². The van der Waals surface area contributed by atoms with Gasteiger partial charge < -0.3 is 14.9 Å². The van der Waals surface area contributed by atoms with Crippen molar-refractivity contribution in [2.24, 2.45) is 0 Å². The van der Waals surface area contributed by atoms with Crippen molar-refractivity contribution in [1.82, 2.24) is 4.73 Å². The molecule has 0 aliphatic rings. The molecule has 3 aromatic rings. The predicted molar refractivity (Wildman–Crippen MR) is 108 cm³/mol. The highest BCUT2D eigenvalue weighted by Gasteiger charge is 2.15. The molecule has 0 radical (unpaired) electrons. The number of nitrogens with one attached hydrogen (secondary N) is 1. The molecule has 144 valence electrons. The minimum Gasteiger partial charge on any atom is -0.492 e. The van der Waals surface area contributed by atoms with Crippen LogP contribution in [-0.2, 0) is 6.61 Å². The van der Waals surface area contributed by atoms with E-state index in [1.807, 2.05) is 19.1 Å². The second-order valence-electron chi connectivity index (χ2n) is 5.80. The lowest BCUT2D eigenvalue weighted by Gasteiger charge is -2.12. The Kier molecular flexibility index (Phi) is 6.34. The van der Waals surface area contributed by atoms with Crippen molar-refractivity contribution in [3.05, 3.63) is 93.4 Å². The fourth-order valence-corrected chi connectivity index (χ4v) is 2.74. The van der Waals surface area contributed by atoms with Gasteiger partial charge in [0.1, 0.15) is 17.9 Å². The van der Waals surface area contributed by atoms with Crippen LogP contribution in [0.2, 0.25) is 5.02 Å². The van der Waals surface area contributed by atoms with E-state index in [9.17, 15) is 9.59 Å². The Morgan fingerprint density at radius 2 is 1.82 bits per heavy atom. The number of halogens is 1. The lowest BCUT2D eigenvalue weighted by molar-refractivity contribution is 0.0864. The van der Waals surface area contributed by atoms with Crippen molar-refractivity contribution < 1.29 is 14.4 Å². The number of aromatic nitrogens is 1. The minimum atomic E-state index is -0.569. The summed E-state index contributed by atoms with van der Waals surface area (Å²) in [6.07, 6.45) is 1.45. The van der Waals surface area contributed by atoms with Gasteiger partial charge in [-0.25, -0.2) is 0 Å². The number of amides is 1. The first-order valence-electron chi connectivity index (χ1n) is 8.71. The summed E-state index contributed by atoms with van der Waals surface area (Å²) in [5.41, 5.74) is 0.603. The molecular weight excluding hydrogens is 380 g/mol. The van der Waals surface area contributed by atoms with Gasteiger partial charge in [0, 0.05) is 16.8 Å². The summed E-state index contributed by atoms with van der Waals surface area (Å²) in [5.74, 6) is -0.0163. The van der Waals surface area contributed by atoms with Crippen LogP contribution in [0.15, 0.2) is 71.7 Å². The van der Waals surface area contributed by atoms with E-state index in [2.05, 4.69) is 5.32 Å². The van der Waals surface area contributed by atoms with E-state index < -0.39 is 11.5 Å². The fraction of sp³-hybridized carbons (Fsp3) is 0.143. The molecule has 1 N–H and O–H groups in total. The molecule has 3 rings (SSSR count). The molecule has 0 unspecified atom stereocenters. The van der Waals surface area contributed by atoms with Crippen LogP contribution in [0.1, 0.15) is 22.8 Å². The molecule has 0 aliphatic carbocycles. The third kappa shape index (κ3) is 4.53. The number of nitrogens with zero attached hydrogens (tertiary/aromatic N) is 1. The molecule has 0 bridgehead atoms. The van der Waals surface area contributed by atoms with Gasteiger partial charge in [0.05, 0.1) is 12.3 Å². The number of ether oxygens (including phenoxy) is 1. The van der Waals surface area contributed by atoms with Gasteiger partial charge in [-0.05, 0) is 37.3 Å². The normalized spacial score (nSPS) is 10.4. The van der Waals surface area contributed by atoms with Gasteiger partial charge in [-0.3, -0.25) is 9.59 Å². The lowest BCUT2D eigenvalue weighted by atomic mass is 10.2. The third-order valence-corrected chi connectivity index (χ3v) is 4.28. The number of carbonyl (C=O) groups is 1. The second-order valence-corrected chi connectivity index (χ2v) is 6.21. The monoisotopic (exact) mass is 398 g/mol. The summed E-state index contributed by atoms with van der Waals surface area (Å²) in [7, 11) is 0. The summed E-state index contributed by atoms with van der Waals surface area (Å²) in [5, 5.41) is 3.25. The van der Waals surface area contributed by atoms with Crippen LogP contribution in [0.4, 0.5) is 5.69 Å². The zero-order valence-corrected chi connectivity index (χ0v) is 16.0. The van der Waals surface area contributed by atoms with E-state index in [1.165, 1.54) is 12.3 Å². The van der Waals surface area contributed by atoms with Gasteiger partial charge in [0.2, 0.25) is 0 Å². The van der Waals surface area contributed by atoms with Crippen molar-refractivity contribution in [2.75, 3.05) is 11.9 Å². The zero-order chi connectivity index (χ0) is 19.9. The molecule has 1 aromatic heterocycles. The summed E-state index contributed by atoms with van der Waals surface area (Å²) >= 11 is 6.10. The maximum atomic E-state index is 12.6. The van der Waals surface area contributed by atoms with Crippen LogP contribution in [0.5, 0.6) is 5.75 Å². The van der Waals surface area contributed by atoms with Crippen LogP contribution in [-0.4, -0.2) is 17.2 Å². The highest BCUT2D eigenvalue weighted by Crippen LogP contribution is 2.24. The summed E-state index contributed by atoms with van der Waals surface area (Å²) in [4.78, 5) is 30.8. The van der Waals surface area contributed by atoms with Gasteiger partial charge in [-0.15, -0.1) is 0 Å².